The Hall–Kier alpha value is -0.300. The van der Waals surface area contributed by atoms with Gasteiger partial charge in [-0.25, -0.2) is 0 Å². The molecule has 0 fully saturated rings. The Kier molecular flexibility index (Phi) is 10.0. The predicted octanol–water partition coefficient (Wildman–Crippen LogP) is 4.15. The summed E-state index contributed by atoms with van der Waals surface area (Å²) in [6.07, 6.45) is 10.3. The molecule has 0 rings (SSSR count). The second-order valence-electron chi connectivity index (χ2n) is 4.56. The fraction of sp³-hybridized carbons (Fsp3) is 0.857. The molecule has 0 aliphatic carbocycles. The van der Waals surface area contributed by atoms with Gasteiger partial charge in [-0.2, -0.15) is 0 Å². The number of hydrogen-bond donors (Lipinski definition) is 1. The lowest BCUT2D eigenvalue weighted by molar-refractivity contribution is 0.447. The topological polar surface area (TPSA) is 12.0 Å². The van der Waals surface area contributed by atoms with Crippen LogP contribution in [-0.4, -0.2) is 13.6 Å². The zero-order valence-electron chi connectivity index (χ0n) is 11.1. The average molecular weight is 211 g/mol. The molecule has 90 valence electrons. The van der Waals surface area contributed by atoms with E-state index < -0.39 is 0 Å². The minimum Gasteiger partial charge on any atom is -0.319 e. The van der Waals surface area contributed by atoms with Crippen LogP contribution >= 0.6 is 0 Å². The maximum atomic E-state index is 3.18. The fourth-order valence-electron chi connectivity index (χ4n) is 1.94. The molecule has 15 heavy (non-hydrogen) atoms. The Morgan fingerprint density at radius 1 is 1.33 bits per heavy atom. The van der Waals surface area contributed by atoms with E-state index in [4.69, 9.17) is 0 Å². The van der Waals surface area contributed by atoms with E-state index in [-0.39, 0.29) is 0 Å². The molecule has 0 spiro atoms. The van der Waals surface area contributed by atoms with E-state index >= 15 is 0 Å². The molecular formula is C14H29N. The van der Waals surface area contributed by atoms with Gasteiger partial charge in [-0.3, -0.25) is 0 Å². The predicted molar refractivity (Wildman–Crippen MR) is 70.2 cm³/mol. The highest BCUT2D eigenvalue weighted by atomic mass is 14.8. The van der Waals surface area contributed by atoms with E-state index in [1.807, 2.05) is 7.05 Å². The Balaban J connectivity index is 3.78. The van der Waals surface area contributed by atoms with Gasteiger partial charge in [0, 0.05) is 0 Å². The van der Waals surface area contributed by atoms with Crippen molar-refractivity contribution in [3.05, 3.63) is 11.6 Å². The summed E-state index contributed by atoms with van der Waals surface area (Å²) in [5, 5.41) is 3.18. The third-order valence-electron chi connectivity index (χ3n) is 3.04. The van der Waals surface area contributed by atoms with E-state index in [0.29, 0.717) is 0 Å². The maximum absolute atomic E-state index is 3.18. The standard InChI is InChI=1S/C14H29N/c1-5-7-10-14(6-2)12-13(3)9-8-11-15-4/h9,14-15H,5-8,10-12H2,1-4H3. The molecule has 0 aromatic rings. The fourth-order valence-corrected chi connectivity index (χ4v) is 1.94. The maximum Gasteiger partial charge on any atom is -0.00172 e. The lowest BCUT2D eigenvalue weighted by Gasteiger charge is -2.14. The molecule has 0 radical (unpaired) electrons. The van der Waals surface area contributed by atoms with Gasteiger partial charge in [0.2, 0.25) is 0 Å². The molecule has 0 aliphatic heterocycles. The molecule has 1 nitrogen and oxygen atoms in total. The van der Waals surface area contributed by atoms with Gasteiger partial charge in [0.1, 0.15) is 0 Å². The van der Waals surface area contributed by atoms with Crippen molar-refractivity contribution in [1.82, 2.24) is 5.32 Å². The molecule has 0 heterocycles. The van der Waals surface area contributed by atoms with Crippen LogP contribution in [0.25, 0.3) is 0 Å². The smallest absolute Gasteiger partial charge is 0.00172 e. The molecule has 0 saturated heterocycles. The summed E-state index contributed by atoms with van der Waals surface area (Å²) in [7, 11) is 2.01. The Morgan fingerprint density at radius 3 is 2.60 bits per heavy atom. The average Bonchev–Trinajstić information content (AvgIpc) is 2.24. The van der Waals surface area contributed by atoms with E-state index in [1.54, 1.807) is 5.57 Å². The summed E-state index contributed by atoms with van der Waals surface area (Å²) in [4.78, 5) is 0. The zero-order valence-corrected chi connectivity index (χ0v) is 11.1. The summed E-state index contributed by atoms with van der Waals surface area (Å²) in [6.45, 7) is 7.98. The Bertz CT molecular complexity index is 161. The molecule has 1 unspecified atom stereocenters. The van der Waals surface area contributed by atoms with Crippen LogP contribution in [0.3, 0.4) is 0 Å². The first kappa shape index (κ1) is 14.7. The quantitative estimate of drug-likeness (QED) is 0.446. The first-order chi connectivity index (χ1) is 7.24. The molecule has 0 saturated carbocycles. The first-order valence-electron chi connectivity index (χ1n) is 6.54. The van der Waals surface area contributed by atoms with E-state index in [0.717, 1.165) is 12.5 Å². The van der Waals surface area contributed by atoms with Crippen LogP contribution in [0.1, 0.15) is 59.3 Å². The van der Waals surface area contributed by atoms with Crippen molar-refractivity contribution < 1.29 is 0 Å². The van der Waals surface area contributed by atoms with Gasteiger partial charge in [-0.1, -0.05) is 51.2 Å². The van der Waals surface area contributed by atoms with Gasteiger partial charge in [0.25, 0.3) is 0 Å². The minimum absolute atomic E-state index is 0.913. The highest BCUT2D eigenvalue weighted by molar-refractivity contribution is 4.99. The molecule has 1 N–H and O–H groups in total. The summed E-state index contributed by atoms with van der Waals surface area (Å²) in [6, 6.07) is 0. The number of unbranched alkanes of at least 4 members (excludes halogenated alkanes) is 1. The van der Waals surface area contributed by atoms with Gasteiger partial charge in [-0.15, -0.1) is 0 Å². The third-order valence-corrected chi connectivity index (χ3v) is 3.04. The van der Waals surface area contributed by atoms with E-state index in [9.17, 15) is 0 Å². The monoisotopic (exact) mass is 211 g/mol. The van der Waals surface area contributed by atoms with Crippen LogP contribution in [0.5, 0.6) is 0 Å². The van der Waals surface area contributed by atoms with Crippen molar-refractivity contribution in [3.63, 3.8) is 0 Å². The van der Waals surface area contributed by atoms with Gasteiger partial charge >= 0.3 is 0 Å². The lowest BCUT2D eigenvalue weighted by Crippen LogP contribution is -2.06. The minimum atomic E-state index is 0.913. The molecule has 1 atom stereocenters. The first-order valence-corrected chi connectivity index (χ1v) is 6.54. The summed E-state index contributed by atoms with van der Waals surface area (Å²) in [5.74, 6) is 0.913. The van der Waals surface area contributed by atoms with Crippen LogP contribution in [0, 0.1) is 5.92 Å². The number of hydrogen-bond acceptors (Lipinski definition) is 1. The largest absolute Gasteiger partial charge is 0.319 e. The second kappa shape index (κ2) is 10.2. The van der Waals surface area contributed by atoms with Crippen molar-refractivity contribution in [3.8, 4) is 0 Å². The van der Waals surface area contributed by atoms with Crippen molar-refractivity contribution in [2.75, 3.05) is 13.6 Å². The van der Waals surface area contributed by atoms with Crippen molar-refractivity contribution in [2.45, 2.75) is 59.3 Å². The third kappa shape index (κ3) is 8.68. The van der Waals surface area contributed by atoms with Crippen LogP contribution in [0.4, 0.5) is 0 Å². The molecule has 0 aliphatic rings. The Labute approximate surface area is 96.3 Å². The molecule has 0 aromatic carbocycles. The van der Waals surface area contributed by atoms with Gasteiger partial charge < -0.3 is 5.32 Å². The second-order valence-corrected chi connectivity index (χ2v) is 4.56. The molecular weight excluding hydrogens is 182 g/mol. The van der Waals surface area contributed by atoms with Crippen LogP contribution in [-0.2, 0) is 0 Å². The van der Waals surface area contributed by atoms with Crippen LogP contribution < -0.4 is 5.32 Å². The van der Waals surface area contributed by atoms with Crippen molar-refractivity contribution in [1.29, 1.82) is 0 Å². The Morgan fingerprint density at radius 2 is 2.07 bits per heavy atom. The molecule has 0 amide bonds. The van der Waals surface area contributed by atoms with Crippen LogP contribution in [0.15, 0.2) is 11.6 Å². The summed E-state index contributed by atoms with van der Waals surface area (Å²) in [5.41, 5.74) is 1.58. The number of allylic oxidation sites excluding steroid dienone is 1. The molecule has 0 aromatic heterocycles. The highest BCUT2D eigenvalue weighted by Gasteiger charge is 2.05. The number of rotatable bonds is 9. The molecule has 1 heteroatoms. The van der Waals surface area contributed by atoms with Crippen LogP contribution in [0.2, 0.25) is 0 Å². The summed E-state index contributed by atoms with van der Waals surface area (Å²) < 4.78 is 0. The highest BCUT2D eigenvalue weighted by Crippen LogP contribution is 2.21. The van der Waals surface area contributed by atoms with Crippen molar-refractivity contribution in [2.24, 2.45) is 5.92 Å². The zero-order chi connectivity index (χ0) is 11.5. The summed E-state index contributed by atoms with van der Waals surface area (Å²) >= 11 is 0. The van der Waals surface area contributed by atoms with Gasteiger partial charge in [0.15, 0.2) is 0 Å². The van der Waals surface area contributed by atoms with Crippen molar-refractivity contribution >= 4 is 0 Å². The molecule has 0 bridgehead atoms. The normalized spacial score (nSPS) is 14.3. The van der Waals surface area contributed by atoms with E-state index in [2.05, 4.69) is 32.2 Å². The van der Waals surface area contributed by atoms with Gasteiger partial charge in [0.05, 0.1) is 0 Å². The van der Waals surface area contributed by atoms with E-state index in [1.165, 1.54) is 38.5 Å². The van der Waals surface area contributed by atoms with Gasteiger partial charge in [-0.05, 0) is 39.3 Å². The SMILES string of the molecule is CCCCC(CC)CC(C)=CCCNC. The lowest BCUT2D eigenvalue weighted by atomic mass is 9.92. The number of nitrogens with one attached hydrogen (secondary N) is 1.